The van der Waals surface area contributed by atoms with Crippen LogP contribution in [0.15, 0.2) is 0 Å². The van der Waals surface area contributed by atoms with Crippen molar-refractivity contribution >= 4 is 8.32 Å². The third kappa shape index (κ3) is 5.88. The Bertz CT molecular complexity index is 312. The molecule has 0 spiro atoms. The van der Waals surface area contributed by atoms with Crippen molar-refractivity contribution in [3.05, 3.63) is 0 Å². The molecule has 1 aliphatic heterocycles. The molecule has 0 aromatic rings. The Kier molecular flexibility index (Phi) is 8.48. The topological polar surface area (TPSA) is 88.4 Å². The summed E-state index contributed by atoms with van der Waals surface area (Å²) in [4.78, 5) is 0. The minimum absolute atomic E-state index is 0.206. The normalized spacial score (nSPS) is 33.1. The highest BCUT2D eigenvalue weighted by Gasteiger charge is 2.44. The summed E-state index contributed by atoms with van der Waals surface area (Å²) in [6.07, 6.45) is -0.521. The summed E-state index contributed by atoms with van der Waals surface area (Å²) in [5.74, 6) is 0. The molecule has 0 bridgehead atoms. The molecule has 1 aliphatic rings. The molecule has 132 valence electrons. The quantitative estimate of drug-likeness (QED) is 0.434. The van der Waals surface area contributed by atoms with Gasteiger partial charge in [-0.05, 0) is 19.1 Å². The van der Waals surface area contributed by atoms with E-state index in [4.69, 9.17) is 13.9 Å². The van der Waals surface area contributed by atoms with E-state index in [1.165, 1.54) is 26.4 Å². The van der Waals surface area contributed by atoms with Gasteiger partial charge in [0.25, 0.3) is 0 Å². The Morgan fingerprint density at radius 1 is 1.00 bits per heavy atom. The molecule has 1 heterocycles. The Balaban J connectivity index is 2.44. The van der Waals surface area contributed by atoms with Crippen LogP contribution in [0.1, 0.15) is 32.6 Å². The molecule has 1 rings (SSSR count). The van der Waals surface area contributed by atoms with E-state index in [0.29, 0.717) is 0 Å². The third-order valence-corrected chi connectivity index (χ3v) is 6.68. The number of aliphatic hydroxyl groups excluding tert-OH is 3. The van der Waals surface area contributed by atoms with Gasteiger partial charge in [-0.3, -0.25) is 0 Å². The van der Waals surface area contributed by atoms with Crippen molar-refractivity contribution in [3.63, 3.8) is 0 Å². The van der Waals surface area contributed by atoms with Crippen LogP contribution in [0.2, 0.25) is 19.1 Å². The molecule has 0 unspecified atom stereocenters. The van der Waals surface area contributed by atoms with Gasteiger partial charge in [0.15, 0.2) is 14.6 Å². The molecule has 22 heavy (non-hydrogen) atoms. The lowest BCUT2D eigenvalue weighted by molar-refractivity contribution is -0.293. The van der Waals surface area contributed by atoms with Gasteiger partial charge in [0.2, 0.25) is 0 Å². The van der Waals surface area contributed by atoms with Crippen LogP contribution in [-0.4, -0.2) is 68.1 Å². The summed E-state index contributed by atoms with van der Waals surface area (Å²) in [6.45, 7) is 6.69. The van der Waals surface area contributed by atoms with Gasteiger partial charge < -0.3 is 29.2 Å². The van der Waals surface area contributed by atoms with Crippen LogP contribution in [0, 0.1) is 0 Å². The number of hydrogen-bond donors (Lipinski definition) is 3. The molecule has 0 aliphatic carbocycles. The average Bonchev–Trinajstić information content (AvgIpc) is 2.49. The van der Waals surface area contributed by atoms with Crippen molar-refractivity contribution in [1.29, 1.82) is 0 Å². The Labute approximate surface area is 134 Å². The fourth-order valence-corrected chi connectivity index (χ4v) is 4.47. The van der Waals surface area contributed by atoms with E-state index >= 15 is 0 Å². The summed E-state index contributed by atoms with van der Waals surface area (Å²) in [5, 5.41) is 29.6. The molecule has 1 saturated heterocycles. The van der Waals surface area contributed by atoms with Gasteiger partial charge in [-0.15, -0.1) is 0 Å². The van der Waals surface area contributed by atoms with Crippen LogP contribution in [0.3, 0.4) is 0 Å². The molecule has 0 radical (unpaired) electrons. The van der Waals surface area contributed by atoms with Gasteiger partial charge in [-0.1, -0.05) is 32.6 Å². The Hall–Kier alpha value is -0.0231. The lowest BCUT2D eigenvalue weighted by atomic mass is 9.99. The lowest BCUT2D eigenvalue weighted by Crippen LogP contribution is -2.59. The van der Waals surface area contributed by atoms with Crippen molar-refractivity contribution in [3.8, 4) is 0 Å². The summed E-state index contributed by atoms with van der Waals surface area (Å²) in [5.41, 5.74) is 0. The maximum absolute atomic E-state index is 10.0. The van der Waals surface area contributed by atoms with Crippen molar-refractivity contribution in [2.24, 2.45) is 0 Å². The standard InChI is InChI=1S/C15H32O6Si/c1-5-6-7-8-9-22(3,4)20-10-11-12(16)13(17)14(18)15(19-2)21-11/h11-18H,5-10H2,1-4H3/t11-,12-,13+,14-,15+/m1/s1. The first kappa shape index (κ1) is 20.0. The van der Waals surface area contributed by atoms with Gasteiger partial charge in [0.05, 0.1) is 6.61 Å². The second-order valence-corrected chi connectivity index (χ2v) is 10.9. The van der Waals surface area contributed by atoms with Gasteiger partial charge in [0, 0.05) is 7.11 Å². The highest BCUT2D eigenvalue weighted by atomic mass is 28.4. The predicted octanol–water partition coefficient (Wildman–Crippen LogP) is 1.24. The zero-order valence-corrected chi connectivity index (χ0v) is 15.2. The van der Waals surface area contributed by atoms with Gasteiger partial charge in [-0.2, -0.15) is 0 Å². The van der Waals surface area contributed by atoms with E-state index in [2.05, 4.69) is 20.0 Å². The molecular formula is C15H32O6Si. The highest BCUT2D eigenvalue weighted by Crippen LogP contribution is 2.24. The molecule has 6 nitrogen and oxygen atoms in total. The smallest absolute Gasteiger partial charge is 0.186 e. The van der Waals surface area contributed by atoms with E-state index in [-0.39, 0.29) is 6.61 Å². The van der Waals surface area contributed by atoms with Crippen LogP contribution in [0.4, 0.5) is 0 Å². The monoisotopic (exact) mass is 336 g/mol. The van der Waals surface area contributed by atoms with E-state index in [9.17, 15) is 15.3 Å². The van der Waals surface area contributed by atoms with Gasteiger partial charge in [0.1, 0.15) is 24.4 Å². The maximum Gasteiger partial charge on any atom is 0.186 e. The Morgan fingerprint density at radius 3 is 2.27 bits per heavy atom. The maximum atomic E-state index is 10.0. The van der Waals surface area contributed by atoms with Crippen LogP contribution < -0.4 is 0 Å². The van der Waals surface area contributed by atoms with Crippen LogP contribution in [0.25, 0.3) is 0 Å². The predicted molar refractivity (Wildman–Crippen MR) is 86.1 cm³/mol. The summed E-state index contributed by atoms with van der Waals surface area (Å²) in [7, 11) is -0.423. The zero-order valence-electron chi connectivity index (χ0n) is 14.2. The second kappa shape index (κ2) is 9.32. The zero-order chi connectivity index (χ0) is 16.8. The molecule has 1 fully saturated rings. The SMILES string of the molecule is CCCCCC[Si](C)(C)OC[C@H]1O[C@H](OC)[C@H](O)[C@@H](O)[C@@H]1O. The molecule has 0 aromatic carbocycles. The van der Waals surface area contributed by atoms with Gasteiger partial charge in [-0.25, -0.2) is 0 Å². The molecule has 0 aromatic heterocycles. The number of methoxy groups -OCH3 is 1. The van der Waals surface area contributed by atoms with E-state index < -0.39 is 39.0 Å². The minimum atomic E-state index is -1.81. The van der Waals surface area contributed by atoms with E-state index in [1.807, 2.05) is 0 Å². The first-order valence-corrected chi connectivity index (χ1v) is 11.3. The molecule has 0 amide bonds. The van der Waals surface area contributed by atoms with Crippen molar-refractivity contribution < 1.29 is 29.2 Å². The molecule has 5 atom stereocenters. The summed E-state index contributed by atoms with van der Waals surface area (Å²) >= 11 is 0. The average molecular weight is 337 g/mol. The van der Waals surface area contributed by atoms with E-state index in [0.717, 1.165) is 12.5 Å². The van der Waals surface area contributed by atoms with Crippen LogP contribution in [-0.2, 0) is 13.9 Å². The fourth-order valence-electron chi connectivity index (χ4n) is 2.61. The van der Waals surface area contributed by atoms with Crippen molar-refractivity contribution in [2.75, 3.05) is 13.7 Å². The number of ether oxygens (including phenoxy) is 2. The molecule has 7 heteroatoms. The first-order valence-electron chi connectivity index (χ1n) is 8.18. The fraction of sp³-hybridized carbons (Fsp3) is 1.00. The van der Waals surface area contributed by atoms with Crippen LogP contribution in [0.5, 0.6) is 0 Å². The van der Waals surface area contributed by atoms with Crippen molar-refractivity contribution in [2.45, 2.75) is 82.5 Å². The molecule has 3 N–H and O–H groups in total. The minimum Gasteiger partial charge on any atom is -0.415 e. The third-order valence-electron chi connectivity index (χ3n) is 4.17. The number of rotatable bonds is 9. The second-order valence-electron chi connectivity index (χ2n) is 6.63. The molecular weight excluding hydrogens is 304 g/mol. The van der Waals surface area contributed by atoms with Crippen molar-refractivity contribution in [1.82, 2.24) is 0 Å². The summed E-state index contributed by atoms with van der Waals surface area (Å²) < 4.78 is 16.5. The number of unbranched alkanes of at least 4 members (excludes halogenated alkanes) is 3. The lowest BCUT2D eigenvalue weighted by Gasteiger charge is -2.40. The highest BCUT2D eigenvalue weighted by molar-refractivity contribution is 6.71. The number of aliphatic hydroxyl groups is 3. The van der Waals surface area contributed by atoms with Gasteiger partial charge >= 0.3 is 0 Å². The van der Waals surface area contributed by atoms with Crippen LogP contribution >= 0.6 is 0 Å². The largest absolute Gasteiger partial charge is 0.415 e. The summed E-state index contributed by atoms with van der Waals surface area (Å²) in [6, 6.07) is 1.06. The number of hydrogen-bond acceptors (Lipinski definition) is 6. The first-order chi connectivity index (χ1) is 10.3. The Morgan fingerprint density at radius 2 is 1.68 bits per heavy atom. The van der Waals surface area contributed by atoms with E-state index in [1.54, 1.807) is 0 Å². The molecule has 0 saturated carbocycles.